The predicted octanol–water partition coefficient (Wildman–Crippen LogP) is 8.61. The highest BCUT2D eigenvalue weighted by Crippen LogP contribution is 2.52. The number of nitrogens with zero attached hydrogens (tertiary/aromatic N) is 5. The van der Waals surface area contributed by atoms with Crippen LogP contribution in [0.1, 0.15) is 50.9 Å². The van der Waals surface area contributed by atoms with Crippen LogP contribution in [-0.2, 0) is 9.47 Å². The summed E-state index contributed by atoms with van der Waals surface area (Å²) in [6.07, 6.45) is 3.41. The molecule has 4 aromatic rings. The number of anilines is 2. The van der Waals surface area contributed by atoms with Crippen LogP contribution < -0.4 is 15.0 Å². The Morgan fingerprint density at radius 2 is 1.79 bits per heavy atom. The maximum Gasteiger partial charge on any atom is 0.410 e. The molecule has 2 aromatic carbocycles. The number of likely N-dealkylation sites (tertiary alicyclic amines) is 1. The van der Waals surface area contributed by atoms with Crippen molar-refractivity contribution in [3.63, 3.8) is 0 Å². The van der Waals surface area contributed by atoms with Gasteiger partial charge >= 0.3 is 6.09 Å². The van der Waals surface area contributed by atoms with Gasteiger partial charge in [-0.1, -0.05) is 41.7 Å². The van der Waals surface area contributed by atoms with Gasteiger partial charge in [0.2, 0.25) is 5.88 Å². The first kappa shape index (κ1) is 34.6. The molecule has 1 N–H and O–H groups in total. The highest BCUT2D eigenvalue weighted by molar-refractivity contribution is 8.05. The van der Waals surface area contributed by atoms with E-state index in [-0.39, 0.29) is 12.1 Å². The second-order valence-electron chi connectivity index (χ2n) is 14.5. The number of fused-ring (bicyclic) bond motifs is 2. The number of aromatic nitrogens is 2. The molecule has 1 unspecified atom stereocenters. The Morgan fingerprint density at radius 3 is 2.52 bits per heavy atom. The van der Waals surface area contributed by atoms with Crippen molar-refractivity contribution in [3.8, 4) is 17.1 Å². The quantitative estimate of drug-likeness (QED) is 0.167. The highest BCUT2D eigenvalue weighted by Gasteiger charge is 2.33. The van der Waals surface area contributed by atoms with Gasteiger partial charge in [0.05, 0.1) is 36.5 Å². The number of carbonyl (C=O) groups excluding carboxylic acids is 1. The zero-order valence-corrected chi connectivity index (χ0v) is 31.5. The van der Waals surface area contributed by atoms with Gasteiger partial charge in [0.25, 0.3) is 5.88 Å². The summed E-state index contributed by atoms with van der Waals surface area (Å²) >= 11 is 3.56. The van der Waals surface area contributed by atoms with Gasteiger partial charge in [0, 0.05) is 75.0 Å². The lowest BCUT2D eigenvalue weighted by Gasteiger charge is -2.37. The number of rotatable bonds is 8. The Labute approximate surface area is 313 Å². The van der Waals surface area contributed by atoms with E-state index in [4.69, 9.17) is 24.2 Å². The fourth-order valence-corrected chi connectivity index (χ4v) is 9.17. The number of pyridine rings is 2. The van der Waals surface area contributed by atoms with Crippen LogP contribution in [0.2, 0.25) is 0 Å². The number of aliphatic imine (C=N–C) groups is 1. The molecular formula is C40H42N6O4S2. The molecule has 4 aliphatic rings. The molecule has 0 saturated carbocycles. The standard InChI is InChI=1S/C40H42N6O4S2/c1-25-8-10-30(41-23-25)37(26-12-14-46(15-13-26)39(47)50-40(2,3)4)43-27-9-11-32-34(20-27)51-33-7-5-6-29(38(33)52-32)31-21-28(45-16-18-48-19-17-45)22-35(44-31)49-36-24-42-36/h5-11,20-23,26,37,43H,12-19H2,1-4H3. The van der Waals surface area contributed by atoms with Gasteiger partial charge in [-0.25, -0.2) is 9.78 Å². The van der Waals surface area contributed by atoms with Crippen LogP contribution in [-0.4, -0.2) is 71.8 Å². The van der Waals surface area contributed by atoms with Crippen LogP contribution in [0.5, 0.6) is 5.88 Å². The normalized spacial score (nSPS) is 17.5. The van der Waals surface area contributed by atoms with Crippen molar-refractivity contribution in [1.82, 2.24) is 14.9 Å². The van der Waals surface area contributed by atoms with Crippen LogP contribution >= 0.6 is 23.5 Å². The van der Waals surface area contributed by atoms with Gasteiger partial charge in [-0.05, 0) is 88.4 Å². The van der Waals surface area contributed by atoms with Gasteiger partial charge < -0.3 is 29.3 Å². The lowest BCUT2D eigenvalue weighted by Crippen LogP contribution is -2.43. The fraction of sp³-hybridized carbons (Fsp3) is 0.375. The van der Waals surface area contributed by atoms with E-state index in [0.29, 0.717) is 44.0 Å². The third kappa shape index (κ3) is 7.95. The van der Waals surface area contributed by atoms with Crippen molar-refractivity contribution < 1.29 is 19.0 Å². The maximum absolute atomic E-state index is 12.8. The van der Waals surface area contributed by atoms with Crippen LogP contribution in [0.3, 0.4) is 0 Å². The van der Waals surface area contributed by atoms with Crippen molar-refractivity contribution in [3.05, 3.63) is 84.0 Å². The molecule has 12 heteroatoms. The summed E-state index contributed by atoms with van der Waals surface area (Å²) in [6, 6.07) is 21.4. The Morgan fingerprint density at radius 1 is 0.981 bits per heavy atom. The average Bonchev–Trinajstić information content (AvgIpc) is 3.97. The number of morpholine rings is 1. The smallest absolute Gasteiger partial charge is 0.410 e. The second-order valence-corrected chi connectivity index (χ2v) is 16.6. The Kier molecular flexibility index (Phi) is 9.65. The van der Waals surface area contributed by atoms with E-state index < -0.39 is 5.60 Å². The Bertz CT molecular complexity index is 2050. The molecule has 0 aliphatic carbocycles. The highest BCUT2D eigenvalue weighted by atomic mass is 32.2. The molecule has 10 nitrogen and oxygen atoms in total. The van der Waals surface area contributed by atoms with E-state index >= 15 is 0 Å². The zero-order chi connectivity index (χ0) is 35.8. The number of piperidine rings is 1. The van der Waals surface area contributed by atoms with Crippen LogP contribution in [0.15, 0.2) is 97.3 Å². The molecular weight excluding hydrogens is 693 g/mol. The molecule has 2 fully saturated rings. The van der Waals surface area contributed by atoms with E-state index in [9.17, 15) is 4.79 Å². The van der Waals surface area contributed by atoms with Gasteiger partial charge in [0.15, 0.2) is 0 Å². The Balaban J connectivity index is 1.03. The lowest BCUT2D eigenvalue weighted by molar-refractivity contribution is 0.0176. The van der Waals surface area contributed by atoms with Gasteiger partial charge in [-0.2, -0.15) is 4.99 Å². The molecule has 0 spiro atoms. The van der Waals surface area contributed by atoms with Crippen LogP contribution in [0, 0.1) is 12.8 Å². The molecule has 0 radical (unpaired) electrons. The number of nitrogens with one attached hydrogen (secondary N) is 1. The molecule has 52 heavy (non-hydrogen) atoms. The topological polar surface area (TPSA) is 101 Å². The SMILES string of the molecule is Cc1ccc(C(Nc2ccc3c(c2)Sc2cccc(-c4cc(N5CCOCC5)cc(OC5=C=N5)n4)c2S3)C2CCN(C(=O)OC(C)(C)C)CC2)nc1. The molecule has 0 bridgehead atoms. The van der Waals surface area contributed by atoms with Crippen molar-refractivity contribution in [2.24, 2.45) is 10.9 Å². The van der Waals surface area contributed by atoms with E-state index in [2.05, 4.69) is 82.6 Å². The number of hydrogen-bond donors (Lipinski definition) is 1. The molecule has 6 heterocycles. The molecule has 268 valence electrons. The molecule has 1 atom stereocenters. The van der Waals surface area contributed by atoms with Crippen LogP contribution in [0.4, 0.5) is 16.2 Å². The minimum Gasteiger partial charge on any atom is -0.444 e. The maximum atomic E-state index is 12.8. The summed E-state index contributed by atoms with van der Waals surface area (Å²) in [5.74, 6) is 4.06. The van der Waals surface area contributed by atoms with Gasteiger partial charge in [0.1, 0.15) is 5.60 Å². The van der Waals surface area contributed by atoms with E-state index in [0.717, 1.165) is 59.8 Å². The number of amides is 1. The van der Waals surface area contributed by atoms with E-state index in [1.54, 1.807) is 23.5 Å². The summed E-state index contributed by atoms with van der Waals surface area (Å²) in [4.78, 5) is 35.5. The summed E-state index contributed by atoms with van der Waals surface area (Å²) < 4.78 is 17.2. The minimum absolute atomic E-state index is 0.00222. The molecule has 2 aromatic heterocycles. The summed E-state index contributed by atoms with van der Waals surface area (Å²) in [5.41, 5.74) is 5.66. The first-order valence-corrected chi connectivity index (χ1v) is 19.4. The number of hydrogen-bond acceptors (Lipinski definition) is 11. The molecule has 4 aliphatic heterocycles. The third-order valence-corrected chi connectivity index (χ3v) is 12.0. The van der Waals surface area contributed by atoms with Crippen molar-refractivity contribution in [1.29, 1.82) is 0 Å². The number of benzene rings is 2. The van der Waals surface area contributed by atoms with Crippen molar-refractivity contribution >= 4 is 46.9 Å². The predicted molar refractivity (Wildman–Crippen MR) is 205 cm³/mol. The number of carbonyl (C=O) groups is 1. The average molecular weight is 735 g/mol. The van der Waals surface area contributed by atoms with Gasteiger partial charge in [-0.15, -0.1) is 0 Å². The monoisotopic (exact) mass is 734 g/mol. The summed E-state index contributed by atoms with van der Waals surface area (Å²) in [7, 11) is 0. The molecule has 2 saturated heterocycles. The van der Waals surface area contributed by atoms with Gasteiger partial charge in [-0.3, -0.25) is 4.98 Å². The van der Waals surface area contributed by atoms with E-state index in [1.807, 2.05) is 37.9 Å². The largest absolute Gasteiger partial charge is 0.444 e. The van der Waals surface area contributed by atoms with Crippen molar-refractivity contribution in [2.75, 3.05) is 49.6 Å². The second kappa shape index (κ2) is 14.5. The fourth-order valence-electron chi connectivity index (χ4n) is 6.76. The number of aryl methyl sites for hydroxylation is 1. The van der Waals surface area contributed by atoms with E-state index in [1.165, 1.54) is 19.6 Å². The summed E-state index contributed by atoms with van der Waals surface area (Å²) in [5, 5.41) is 3.87. The number of ether oxygens (including phenoxy) is 3. The Hall–Kier alpha value is -4.48. The summed E-state index contributed by atoms with van der Waals surface area (Å²) in [6.45, 7) is 12.1. The first-order valence-electron chi connectivity index (χ1n) is 17.8. The van der Waals surface area contributed by atoms with Crippen molar-refractivity contribution in [2.45, 2.75) is 71.8 Å². The molecule has 8 rings (SSSR count). The lowest BCUT2D eigenvalue weighted by atomic mass is 9.87. The molecule has 1 amide bonds. The minimum atomic E-state index is -0.512. The zero-order valence-electron chi connectivity index (χ0n) is 29.8. The first-order chi connectivity index (χ1) is 25.1. The third-order valence-electron chi connectivity index (χ3n) is 9.44. The van der Waals surface area contributed by atoms with Crippen LogP contribution in [0.25, 0.3) is 11.3 Å².